The molecule has 148 valence electrons. The number of hydrogen-bond acceptors (Lipinski definition) is 3. The molecule has 3 atom stereocenters. The van der Waals surface area contributed by atoms with Crippen molar-refractivity contribution in [1.82, 2.24) is 10.6 Å². The summed E-state index contributed by atoms with van der Waals surface area (Å²) in [4.78, 5) is 24.8. The van der Waals surface area contributed by atoms with E-state index in [1.165, 1.54) is 41.7 Å². The van der Waals surface area contributed by atoms with Gasteiger partial charge in [0.1, 0.15) is 11.7 Å². The molecule has 3 N–H and O–H groups in total. The minimum Gasteiger partial charge on any atom is -0.363 e. The van der Waals surface area contributed by atoms with Crippen LogP contribution in [0.3, 0.4) is 0 Å². The Morgan fingerprint density at radius 2 is 1.71 bits per heavy atom. The van der Waals surface area contributed by atoms with Crippen LogP contribution in [-0.2, 0) is 0 Å². The molecule has 0 aliphatic carbocycles. The summed E-state index contributed by atoms with van der Waals surface area (Å²) in [6, 6.07) is 6.49. The lowest BCUT2D eigenvalue weighted by Gasteiger charge is -2.45. The zero-order chi connectivity index (χ0) is 20.7. The summed E-state index contributed by atoms with van der Waals surface area (Å²) in [5.74, 6) is -4.39. The maximum atomic E-state index is 14.3. The number of ketones is 1. The molecule has 2 aromatic rings. The fourth-order valence-electron chi connectivity index (χ4n) is 3.12. The van der Waals surface area contributed by atoms with Crippen molar-refractivity contribution in [2.24, 2.45) is 5.92 Å². The van der Waals surface area contributed by atoms with E-state index in [4.69, 9.17) is 11.6 Å². The third-order valence-electron chi connectivity index (χ3n) is 4.46. The van der Waals surface area contributed by atoms with Crippen molar-refractivity contribution in [3.8, 4) is 0 Å². The van der Waals surface area contributed by atoms with Gasteiger partial charge < -0.3 is 15.7 Å². The third-order valence-corrected chi connectivity index (χ3v) is 4.71. The SMILES string of the molecule is O=C1N[C@@H](c2ccccc2F)[C@H](C(=O)c2ccc(Cl)cc2)[C@](O)(C(F)(F)F)N1. The molecule has 1 heterocycles. The van der Waals surface area contributed by atoms with E-state index in [0.29, 0.717) is 0 Å². The highest BCUT2D eigenvalue weighted by Gasteiger charge is 2.66. The summed E-state index contributed by atoms with van der Waals surface area (Å²) < 4.78 is 55.4. The Morgan fingerprint density at radius 1 is 1.11 bits per heavy atom. The van der Waals surface area contributed by atoms with Gasteiger partial charge in [0, 0.05) is 16.1 Å². The van der Waals surface area contributed by atoms with E-state index in [-0.39, 0.29) is 16.1 Å². The van der Waals surface area contributed by atoms with Gasteiger partial charge in [0.25, 0.3) is 0 Å². The number of amides is 2. The Balaban J connectivity index is 2.18. The summed E-state index contributed by atoms with van der Waals surface area (Å²) in [6.45, 7) is 0. The lowest BCUT2D eigenvalue weighted by Crippen LogP contribution is -2.72. The third kappa shape index (κ3) is 3.43. The largest absolute Gasteiger partial charge is 0.437 e. The molecule has 10 heteroatoms. The van der Waals surface area contributed by atoms with Crippen LogP contribution in [0, 0.1) is 11.7 Å². The maximum absolute atomic E-state index is 14.3. The van der Waals surface area contributed by atoms with Crippen LogP contribution >= 0.6 is 11.6 Å². The van der Waals surface area contributed by atoms with Gasteiger partial charge in [0.15, 0.2) is 5.78 Å². The summed E-state index contributed by atoms with van der Waals surface area (Å²) in [5.41, 5.74) is -4.48. The molecule has 2 amide bonds. The first-order valence-corrected chi connectivity index (χ1v) is 8.34. The zero-order valence-corrected chi connectivity index (χ0v) is 14.7. The van der Waals surface area contributed by atoms with Gasteiger partial charge in [0.05, 0.1) is 6.04 Å². The van der Waals surface area contributed by atoms with E-state index in [9.17, 15) is 32.3 Å². The van der Waals surface area contributed by atoms with Gasteiger partial charge in [-0.3, -0.25) is 4.79 Å². The van der Waals surface area contributed by atoms with E-state index in [2.05, 4.69) is 5.32 Å². The van der Waals surface area contributed by atoms with Crippen molar-refractivity contribution in [1.29, 1.82) is 0 Å². The van der Waals surface area contributed by atoms with Gasteiger partial charge >= 0.3 is 12.2 Å². The summed E-state index contributed by atoms with van der Waals surface area (Å²) in [6.07, 6.45) is -5.42. The molecule has 1 aliphatic rings. The molecule has 2 aromatic carbocycles. The van der Waals surface area contributed by atoms with Gasteiger partial charge in [-0.15, -0.1) is 0 Å². The van der Waals surface area contributed by atoms with Crippen LogP contribution in [0.2, 0.25) is 5.02 Å². The van der Waals surface area contributed by atoms with E-state index >= 15 is 0 Å². The Bertz CT molecular complexity index is 920. The first-order chi connectivity index (χ1) is 13.0. The fourth-order valence-corrected chi connectivity index (χ4v) is 3.25. The second-order valence-electron chi connectivity index (χ2n) is 6.21. The van der Waals surface area contributed by atoms with Crippen LogP contribution in [0.1, 0.15) is 22.0 Å². The van der Waals surface area contributed by atoms with E-state index in [0.717, 1.165) is 12.1 Å². The van der Waals surface area contributed by atoms with Gasteiger partial charge in [-0.1, -0.05) is 29.8 Å². The van der Waals surface area contributed by atoms with E-state index in [1.54, 1.807) is 0 Å². The normalized spacial score (nSPS) is 25.0. The number of carbonyl (C=O) groups excluding carboxylic acids is 2. The van der Waals surface area contributed by atoms with Crippen molar-refractivity contribution < 1.29 is 32.3 Å². The van der Waals surface area contributed by atoms with Crippen LogP contribution < -0.4 is 10.6 Å². The molecule has 0 bridgehead atoms. The summed E-state index contributed by atoms with van der Waals surface area (Å²) >= 11 is 5.74. The number of Topliss-reactive ketones (excluding diaryl/α,β-unsaturated/α-hetero) is 1. The van der Waals surface area contributed by atoms with Crippen LogP contribution in [0.4, 0.5) is 22.4 Å². The Labute approximate surface area is 161 Å². The Morgan fingerprint density at radius 3 is 2.29 bits per heavy atom. The summed E-state index contributed by atoms with van der Waals surface area (Å²) in [5, 5.41) is 14.1. The molecule has 0 aromatic heterocycles. The van der Waals surface area contributed by atoms with Crippen LogP contribution in [0.5, 0.6) is 0 Å². The average molecular weight is 417 g/mol. The lowest BCUT2D eigenvalue weighted by molar-refractivity contribution is -0.287. The molecule has 0 unspecified atom stereocenters. The second-order valence-corrected chi connectivity index (χ2v) is 6.65. The number of nitrogens with one attached hydrogen (secondary N) is 2. The minimum absolute atomic E-state index is 0.198. The highest BCUT2D eigenvalue weighted by Crippen LogP contribution is 2.44. The predicted octanol–water partition coefficient (Wildman–Crippen LogP) is 3.58. The molecule has 1 aliphatic heterocycles. The van der Waals surface area contributed by atoms with Gasteiger partial charge in [-0.05, 0) is 30.3 Å². The van der Waals surface area contributed by atoms with Crippen molar-refractivity contribution >= 4 is 23.4 Å². The standard InChI is InChI=1S/C18H13ClF4N2O3/c19-10-7-5-9(6-8-10)15(26)13-14(11-3-1-2-4-12(11)20)24-16(27)25-17(13,28)18(21,22)23/h1-8,13-14,28H,(H2,24,25,27)/t13-,14+,17+/m1/s1. The molecule has 1 fully saturated rings. The molecular formula is C18H13ClF4N2O3. The van der Waals surface area contributed by atoms with Crippen molar-refractivity contribution in [3.05, 3.63) is 70.5 Å². The van der Waals surface area contributed by atoms with E-state index in [1.807, 2.05) is 0 Å². The minimum atomic E-state index is -5.42. The average Bonchev–Trinajstić information content (AvgIpc) is 2.60. The molecule has 5 nitrogen and oxygen atoms in total. The lowest BCUT2D eigenvalue weighted by atomic mass is 9.77. The number of alkyl halides is 3. The highest BCUT2D eigenvalue weighted by atomic mass is 35.5. The molecular weight excluding hydrogens is 404 g/mol. The topological polar surface area (TPSA) is 78.4 Å². The Kier molecular flexibility index (Phi) is 5.07. The van der Waals surface area contributed by atoms with Gasteiger partial charge in [0.2, 0.25) is 5.72 Å². The Hall–Kier alpha value is -2.65. The molecule has 0 spiro atoms. The molecule has 1 saturated heterocycles. The second kappa shape index (κ2) is 7.06. The van der Waals surface area contributed by atoms with Crippen LogP contribution in [0.25, 0.3) is 0 Å². The summed E-state index contributed by atoms with van der Waals surface area (Å²) in [7, 11) is 0. The van der Waals surface area contributed by atoms with Gasteiger partial charge in [-0.25, -0.2) is 9.18 Å². The number of halogens is 5. The number of aliphatic hydroxyl groups is 1. The van der Waals surface area contributed by atoms with Crippen molar-refractivity contribution in [2.75, 3.05) is 0 Å². The van der Waals surface area contributed by atoms with Crippen LogP contribution in [-0.4, -0.2) is 28.8 Å². The molecule has 28 heavy (non-hydrogen) atoms. The number of urea groups is 1. The number of benzene rings is 2. The maximum Gasteiger partial charge on any atom is 0.437 e. The van der Waals surface area contributed by atoms with Crippen LogP contribution in [0.15, 0.2) is 48.5 Å². The van der Waals surface area contributed by atoms with Crippen molar-refractivity contribution in [3.63, 3.8) is 0 Å². The molecule has 0 saturated carbocycles. The first kappa shape index (κ1) is 20.1. The predicted molar refractivity (Wildman–Crippen MR) is 91.1 cm³/mol. The van der Waals surface area contributed by atoms with Crippen molar-refractivity contribution in [2.45, 2.75) is 17.9 Å². The van der Waals surface area contributed by atoms with Gasteiger partial charge in [-0.2, -0.15) is 13.2 Å². The molecule has 3 rings (SSSR count). The fraction of sp³-hybridized carbons (Fsp3) is 0.222. The smallest absolute Gasteiger partial charge is 0.363 e. The first-order valence-electron chi connectivity index (χ1n) is 7.96. The number of carbonyl (C=O) groups is 2. The number of hydrogen-bond donors (Lipinski definition) is 3. The molecule has 0 radical (unpaired) electrons. The highest BCUT2D eigenvalue weighted by molar-refractivity contribution is 6.30. The quantitative estimate of drug-likeness (QED) is 0.528. The van der Waals surface area contributed by atoms with E-state index < -0.39 is 41.5 Å². The zero-order valence-electron chi connectivity index (χ0n) is 13.9. The number of rotatable bonds is 3. The monoisotopic (exact) mass is 416 g/mol.